The van der Waals surface area contributed by atoms with Crippen molar-refractivity contribution < 1.29 is 12.8 Å². The molecule has 2 heterocycles. The van der Waals surface area contributed by atoms with Gasteiger partial charge in [0.25, 0.3) is 0 Å². The molecule has 8 heteroatoms. The summed E-state index contributed by atoms with van der Waals surface area (Å²) in [5, 5.41) is 4.05. The summed E-state index contributed by atoms with van der Waals surface area (Å²) in [7, 11) is -3.74. The van der Waals surface area contributed by atoms with E-state index >= 15 is 0 Å². The Balaban J connectivity index is 1.93. The van der Waals surface area contributed by atoms with Gasteiger partial charge in [-0.1, -0.05) is 0 Å². The fraction of sp³-hybridized carbons (Fsp3) is 0.438. The molecule has 0 bridgehead atoms. The zero-order chi connectivity index (χ0) is 17.5. The summed E-state index contributed by atoms with van der Waals surface area (Å²) in [6.45, 7) is 4.03. The summed E-state index contributed by atoms with van der Waals surface area (Å²) in [6, 6.07) is 3.73. The van der Waals surface area contributed by atoms with E-state index < -0.39 is 15.8 Å². The highest BCUT2D eigenvalue weighted by Gasteiger charge is 2.33. The first kappa shape index (κ1) is 17.1. The molecule has 1 saturated heterocycles. The Morgan fingerprint density at radius 2 is 2.12 bits per heavy atom. The second-order valence-electron chi connectivity index (χ2n) is 6.32. The van der Waals surface area contributed by atoms with Gasteiger partial charge in [-0.2, -0.15) is 9.40 Å². The molecule has 130 valence electrons. The van der Waals surface area contributed by atoms with Crippen LogP contribution in [0.4, 0.5) is 4.39 Å². The Hall–Kier alpha value is -1.77. The van der Waals surface area contributed by atoms with Crippen molar-refractivity contribution in [2.24, 2.45) is 5.73 Å². The van der Waals surface area contributed by atoms with Crippen molar-refractivity contribution in [3.8, 4) is 5.69 Å². The maximum atomic E-state index is 14.4. The van der Waals surface area contributed by atoms with E-state index in [1.807, 2.05) is 13.8 Å². The van der Waals surface area contributed by atoms with Crippen LogP contribution in [-0.4, -0.2) is 41.1 Å². The molecule has 1 aliphatic rings. The fourth-order valence-electron chi connectivity index (χ4n) is 3.06. The SMILES string of the molecule is Cc1cnn(-c2ccc(S(=O)(=O)N3CC[C@H](N)C[C@H]3C)cc2F)c1. The zero-order valence-corrected chi connectivity index (χ0v) is 14.5. The molecule has 1 fully saturated rings. The lowest BCUT2D eigenvalue weighted by Gasteiger charge is -2.35. The van der Waals surface area contributed by atoms with Crippen LogP contribution in [0.15, 0.2) is 35.5 Å². The van der Waals surface area contributed by atoms with E-state index in [4.69, 9.17) is 5.73 Å². The molecular formula is C16H21FN4O2S. The number of hydrogen-bond acceptors (Lipinski definition) is 4. The minimum absolute atomic E-state index is 0.00798. The number of sulfonamides is 1. The number of aromatic nitrogens is 2. The third kappa shape index (κ3) is 3.09. The Kier molecular flexibility index (Phi) is 4.46. The van der Waals surface area contributed by atoms with Gasteiger partial charge in [0, 0.05) is 24.8 Å². The first-order valence-electron chi connectivity index (χ1n) is 7.87. The number of nitrogens with two attached hydrogens (primary N) is 1. The summed E-state index contributed by atoms with van der Waals surface area (Å²) < 4.78 is 42.8. The number of benzene rings is 1. The van der Waals surface area contributed by atoms with E-state index in [1.165, 1.54) is 21.1 Å². The Morgan fingerprint density at radius 1 is 1.38 bits per heavy atom. The highest BCUT2D eigenvalue weighted by atomic mass is 32.2. The van der Waals surface area contributed by atoms with Crippen LogP contribution < -0.4 is 5.73 Å². The van der Waals surface area contributed by atoms with E-state index in [-0.39, 0.29) is 22.7 Å². The lowest BCUT2D eigenvalue weighted by molar-refractivity contribution is 0.247. The summed E-state index contributed by atoms with van der Waals surface area (Å²) >= 11 is 0. The Labute approximate surface area is 141 Å². The van der Waals surface area contributed by atoms with E-state index in [9.17, 15) is 12.8 Å². The van der Waals surface area contributed by atoms with Crippen molar-refractivity contribution in [3.63, 3.8) is 0 Å². The molecular weight excluding hydrogens is 331 g/mol. The average Bonchev–Trinajstić information content (AvgIpc) is 2.93. The molecule has 0 spiro atoms. The fourth-order valence-corrected chi connectivity index (χ4v) is 4.73. The van der Waals surface area contributed by atoms with Gasteiger partial charge < -0.3 is 5.73 Å². The quantitative estimate of drug-likeness (QED) is 0.914. The number of piperidine rings is 1. The smallest absolute Gasteiger partial charge is 0.243 e. The molecule has 0 radical (unpaired) electrons. The number of aryl methyl sites for hydroxylation is 1. The molecule has 24 heavy (non-hydrogen) atoms. The van der Waals surface area contributed by atoms with Crippen molar-refractivity contribution in [1.82, 2.24) is 14.1 Å². The van der Waals surface area contributed by atoms with Crippen molar-refractivity contribution in [2.75, 3.05) is 6.54 Å². The molecule has 2 N–H and O–H groups in total. The molecule has 1 aromatic carbocycles. The first-order valence-corrected chi connectivity index (χ1v) is 9.31. The highest BCUT2D eigenvalue weighted by Crippen LogP contribution is 2.26. The third-order valence-corrected chi connectivity index (χ3v) is 6.35. The van der Waals surface area contributed by atoms with Gasteiger partial charge in [-0.15, -0.1) is 0 Å². The standard InChI is InChI=1S/C16H21FN4O2S/c1-11-9-19-20(10-11)16-4-3-14(8-15(16)17)24(22,23)21-6-5-13(18)7-12(21)2/h3-4,8-10,12-13H,5-7,18H2,1-2H3/t12-,13+/m1/s1. The van der Waals surface area contributed by atoms with Gasteiger partial charge in [0.1, 0.15) is 11.5 Å². The predicted octanol–water partition coefficient (Wildman–Crippen LogP) is 1.82. The van der Waals surface area contributed by atoms with Crippen molar-refractivity contribution in [1.29, 1.82) is 0 Å². The predicted molar refractivity (Wildman–Crippen MR) is 88.8 cm³/mol. The monoisotopic (exact) mass is 352 g/mol. The second-order valence-corrected chi connectivity index (χ2v) is 8.22. The minimum atomic E-state index is -3.74. The van der Waals surface area contributed by atoms with Crippen molar-refractivity contribution in [2.45, 2.75) is 43.7 Å². The molecule has 0 saturated carbocycles. The van der Waals surface area contributed by atoms with Crippen LogP contribution in [0.3, 0.4) is 0 Å². The topological polar surface area (TPSA) is 81.2 Å². The summed E-state index contributed by atoms with van der Waals surface area (Å²) in [5.41, 5.74) is 7.00. The second kappa shape index (κ2) is 6.27. The van der Waals surface area contributed by atoms with Crippen molar-refractivity contribution >= 4 is 10.0 Å². The van der Waals surface area contributed by atoms with Gasteiger partial charge in [-0.25, -0.2) is 17.5 Å². The third-order valence-electron chi connectivity index (χ3n) is 4.34. The van der Waals surface area contributed by atoms with Crippen LogP contribution in [0.2, 0.25) is 0 Å². The molecule has 0 unspecified atom stereocenters. The summed E-state index contributed by atoms with van der Waals surface area (Å²) in [6.07, 6.45) is 4.51. The molecule has 2 aromatic rings. The molecule has 1 aliphatic heterocycles. The maximum absolute atomic E-state index is 14.4. The summed E-state index contributed by atoms with van der Waals surface area (Å²) in [4.78, 5) is -0.0463. The lowest BCUT2D eigenvalue weighted by atomic mass is 10.0. The van der Waals surface area contributed by atoms with Crippen LogP contribution >= 0.6 is 0 Å². The minimum Gasteiger partial charge on any atom is -0.328 e. The molecule has 1 aromatic heterocycles. The van der Waals surface area contributed by atoms with E-state index in [0.717, 1.165) is 11.6 Å². The van der Waals surface area contributed by atoms with Crippen molar-refractivity contribution in [3.05, 3.63) is 42.0 Å². The summed E-state index contributed by atoms with van der Waals surface area (Å²) in [5.74, 6) is -0.625. The van der Waals surface area contributed by atoms with Gasteiger partial charge in [-0.05, 0) is 50.5 Å². The number of rotatable bonds is 3. The zero-order valence-electron chi connectivity index (χ0n) is 13.7. The highest BCUT2D eigenvalue weighted by molar-refractivity contribution is 7.89. The van der Waals surface area contributed by atoms with Gasteiger partial charge in [0.2, 0.25) is 10.0 Å². The lowest BCUT2D eigenvalue weighted by Crippen LogP contribution is -2.48. The van der Waals surface area contributed by atoms with E-state index in [1.54, 1.807) is 12.4 Å². The molecule has 6 nitrogen and oxygen atoms in total. The van der Waals surface area contributed by atoms with Crippen LogP contribution in [0.25, 0.3) is 5.69 Å². The maximum Gasteiger partial charge on any atom is 0.243 e. The van der Waals surface area contributed by atoms with Crippen LogP contribution in [0.5, 0.6) is 0 Å². The number of hydrogen-bond donors (Lipinski definition) is 1. The molecule has 3 rings (SSSR count). The van der Waals surface area contributed by atoms with E-state index in [2.05, 4.69) is 5.10 Å². The molecule has 2 atom stereocenters. The molecule has 0 amide bonds. The number of halogens is 1. The van der Waals surface area contributed by atoms with Gasteiger partial charge >= 0.3 is 0 Å². The largest absolute Gasteiger partial charge is 0.328 e. The van der Waals surface area contributed by atoms with Crippen LogP contribution in [0.1, 0.15) is 25.3 Å². The van der Waals surface area contributed by atoms with Gasteiger partial charge in [0.15, 0.2) is 0 Å². The van der Waals surface area contributed by atoms with E-state index in [0.29, 0.717) is 19.4 Å². The van der Waals surface area contributed by atoms with Crippen LogP contribution in [0, 0.1) is 12.7 Å². The van der Waals surface area contributed by atoms with Gasteiger partial charge in [-0.3, -0.25) is 0 Å². The van der Waals surface area contributed by atoms with Gasteiger partial charge in [0.05, 0.1) is 11.1 Å². The Morgan fingerprint density at radius 3 is 2.71 bits per heavy atom. The number of nitrogens with zero attached hydrogens (tertiary/aromatic N) is 3. The molecule has 0 aliphatic carbocycles. The normalized spacial score (nSPS) is 22.7. The Bertz CT molecular complexity index is 850. The van der Waals surface area contributed by atoms with Crippen LogP contribution in [-0.2, 0) is 10.0 Å². The average molecular weight is 352 g/mol. The first-order chi connectivity index (χ1) is 11.3.